The van der Waals surface area contributed by atoms with Crippen LogP contribution in [-0.4, -0.2) is 90.9 Å². The van der Waals surface area contributed by atoms with Gasteiger partial charge >= 0.3 is 0 Å². The summed E-state index contributed by atoms with van der Waals surface area (Å²) in [4.78, 5) is 79.5. The number of aromatic hydroxyl groups is 2. The summed E-state index contributed by atoms with van der Waals surface area (Å²) in [5, 5.41) is 25.9. The fourth-order valence-corrected chi connectivity index (χ4v) is 9.49. The quantitative estimate of drug-likeness (QED) is 0.0861. The number of aromatic nitrogens is 2. The highest BCUT2D eigenvalue weighted by atomic mass is 16.3. The Balaban J connectivity index is 0.961. The van der Waals surface area contributed by atoms with E-state index >= 15 is 0 Å². The van der Waals surface area contributed by atoms with Gasteiger partial charge in [0.1, 0.15) is 29.3 Å². The van der Waals surface area contributed by atoms with Gasteiger partial charge in [0.25, 0.3) is 5.56 Å². The van der Waals surface area contributed by atoms with Crippen LogP contribution in [0.3, 0.4) is 0 Å². The number of rotatable bonds is 14. The van der Waals surface area contributed by atoms with Crippen molar-refractivity contribution in [3.05, 3.63) is 156 Å². The number of carbonyl (C=O) groups excluding carboxylic acids is 4. The topological polar surface area (TPSA) is 237 Å². The second kappa shape index (κ2) is 20.1. The summed E-state index contributed by atoms with van der Waals surface area (Å²) >= 11 is 0. The Morgan fingerprint density at radius 3 is 1.48 bits per heavy atom. The monoisotopic (exact) mass is 896 g/mol. The van der Waals surface area contributed by atoms with Crippen LogP contribution >= 0.6 is 0 Å². The molecule has 3 heterocycles. The molecule has 0 bridgehead atoms. The van der Waals surface area contributed by atoms with Gasteiger partial charge in [-0.2, -0.15) is 0 Å². The molecule has 4 aromatic carbocycles. The summed E-state index contributed by atoms with van der Waals surface area (Å²) < 4.78 is 0. The van der Waals surface area contributed by atoms with E-state index in [2.05, 4.69) is 20.6 Å². The maximum absolute atomic E-state index is 14.0. The number of carbonyl (C=O) groups is 4. The molecule has 15 heteroatoms. The molecule has 7 rings (SSSR count). The number of H-pyrrole nitrogens is 1. The standard InChI is InChI=1S/C51H60N8O7/c1-28-18-37(60)19-29(2)39(28)24-41(52)50(65)58-26-35-12-8-6-10-33(35)22-45(58)48(63)54-16-14-43-32(5)56-44(47(62)57-43)15-17-55-49(64)46-23-34-11-7-9-13-36(34)27-59(46)51(66)42(53)25-40-30(3)20-38(61)21-31(40)4/h6-13,18-21,41-42,45-46,60-61H,14-17,22-27,52-53H2,1-5H3,(H,54,63)(H,55,64)(H,57,62). The molecule has 9 N–H and O–H groups in total. The number of aromatic amines is 1. The number of nitrogens with one attached hydrogen (secondary N) is 3. The van der Waals surface area contributed by atoms with Gasteiger partial charge in [-0.25, -0.2) is 0 Å². The summed E-state index contributed by atoms with van der Waals surface area (Å²) in [5.41, 5.74) is 22.9. The van der Waals surface area contributed by atoms with Gasteiger partial charge in [0.05, 0.1) is 17.8 Å². The van der Waals surface area contributed by atoms with Crippen molar-refractivity contribution < 1.29 is 29.4 Å². The van der Waals surface area contributed by atoms with Crippen molar-refractivity contribution in [3.8, 4) is 11.5 Å². The highest BCUT2D eigenvalue weighted by molar-refractivity contribution is 5.91. The van der Waals surface area contributed by atoms with E-state index < -0.39 is 29.7 Å². The third kappa shape index (κ3) is 10.5. The molecule has 0 saturated carbocycles. The molecular weight excluding hydrogens is 837 g/mol. The van der Waals surface area contributed by atoms with Crippen LogP contribution in [0.5, 0.6) is 11.5 Å². The molecule has 1 aromatic heterocycles. The zero-order valence-corrected chi connectivity index (χ0v) is 38.2. The minimum Gasteiger partial charge on any atom is -0.508 e. The SMILES string of the molecule is Cc1cc(O)cc(C)c1CC(N)C(=O)N1Cc2ccccc2CC1C(=O)NCCc1[nH]c(=O)c(CCNC(=O)C2Cc3ccccc3CN2C(=O)C(N)Cc2c(C)cc(O)cc2C)nc1C. The van der Waals surface area contributed by atoms with Gasteiger partial charge in [0.2, 0.25) is 23.6 Å². The molecular formula is C51H60N8O7. The van der Waals surface area contributed by atoms with Crippen LogP contribution in [0.4, 0.5) is 0 Å². The van der Waals surface area contributed by atoms with Crippen LogP contribution in [0.15, 0.2) is 77.6 Å². The summed E-state index contributed by atoms with van der Waals surface area (Å²) in [7, 11) is 0. The third-order valence-corrected chi connectivity index (χ3v) is 13.1. The Bertz CT molecular complexity index is 2690. The fourth-order valence-electron chi connectivity index (χ4n) is 9.49. The third-order valence-electron chi connectivity index (χ3n) is 13.1. The van der Waals surface area contributed by atoms with Gasteiger partial charge in [0.15, 0.2) is 0 Å². The molecule has 2 aliphatic rings. The van der Waals surface area contributed by atoms with Crippen LogP contribution in [0.2, 0.25) is 0 Å². The highest BCUT2D eigenvalue weighted by Crippen LogP contribution is 2.28. The largest absolute Gasteiger partial charge is 0.508 e. The molecule has 4 amide bonds. The van der Waals surface area contributed by atoms with Crippen molar-refractivity contribution >= 4 is 23.6 Å². The normalized spacial score (nSPS) is 16.5. The number of phenols is 2. The maximum Gasteiger partial charge on any atom is 0.269 e. The maximum atomic E-state index is 14.0. The second-order valence-electron chi connectivity index (χ2n) is 17.8. The minimum atomic E-state index is -0.921. The van der Waals surface area contributed by atoms with Crippen molar-refractivity contribution in [1.82, 2.24) is 30.4 Å². The lowest BCUT2D eigenvalue weighted by molar-refractivity contribution is -0.142. The van der Waals surface area contributed by atoms with Crippen molar-refractivity contribution in [2.75, 3.05) is 13.1 Å². The average Bonchev–Trinajstić information content (AvgIpc) is 3.28. The van der Waals surface area contributed by atoms with Gasteiger partial charge < -0.3 is 47.1 Å². The Kier molecular flexibility index (Phi) is 14.4. The zero-order valence-electron chi connectivity index (χ0n) is 38.2. The van der Waals surface area contributed by atoms with E-state index in [1.54, 1.807) is 36.1 Å². The van der Waals surface area contributed by atoms with Crippen LogP contribution in [0.1, 0.15) is 72.7 Å². The molecule has 5 aromatic rings. The number of hydrogen-bond donors (Lipinski definition) is 7. The first kappa shape index (κ1) is 47.1. The average molecular weight is 897 g/mol. The lowest BCUT2D eigenvalue weighted by atomic mass is 9.91. The van der Waals surface area contributed by atoms with Crippen LogP contribution in [0, 0.1) is 34.6 Å². The molecule has 15 nitrogen and oxygen atoms in total. The number of amides is 4. The molecule has 0 radical (unpaired) electrons. The number of nitrogens with zero attached hydrogens (tertiary/aromatic N) is 3. The van der Waals surface area contributed by atoms with E-state index in [9.17, 15) is 34.2 Å². The molecule has 4 atom stereocenters. The van der Waals surface area contributed by atoms with E-state index in [0.717, 1.165) is 55.6 Å². The molecule has 346 valence electrons. The van der Waals surface area contributed by atoms with Gasteiger partial charge in [-0.05, 0) is 127 Å². The molecule has 0 spiro atoms. The summed E-state index contributed by atoms with van der Waals surface area (Å²) in [6.45, 7) is 9.93. The van der Waals surface area contributed by atoms with E-state index in [4.69, 9.17) is 11.5 Å². The van der Waals surface area contributed by atoms with Crippen LogP contribution < -0.4 is 27.7 Å². The van der Waals surface area contributed by atoms with Crippen molar-refractivity contribution in [1.29, 1.82) is 0 Å². The fraction of sp³-hybridized carbons (Fsp3) is 0.373. The Labute approximate surface area is 384 Å². The molecule has 2 aliphatic heterocycles. The first-order valence-corrected chi connectivity index (χ1v) is 22.5. The summed E-state index contributed by atoms with van der Waals surface area (Å²) in [6, 6.07) is 18.5. The first-order chi connectivity index (χ1) is 31.5. The van der Waals surface area contributed by atoms with E-state index in [-0.39, 0.29) is 92.7 Å². The lowest BCUT2D eigenvalue weighted by Crippen LogP contribution is -2.57. The molecule has 4 unspecified atom stereocenters. The number of hydrogen-bond acceptors (Lipinski definition) is 10. The van der Waals surface area contributed by atoms with Gasteiger partial charge in [-0.1, -0.05) is 48.5 Å². The Hall–Kier alpha value is -6.84. The van der Waals surface area contributed by atoms with E-state index in [1.165, 1.54) is 4.90 Å². The number of aryl methyl sites for hydroxylation is 5. The number of fused-ring (bicyclic) bond motifs is 2. The predicted molar refractivity (Wildman–Crippen MR) is 251 cm³/mol. The summed E-state index contributed by atoms with van der Waals surface area (Å²) in [6.07, 6.45) is 1.52. The number of nitrogens with two attached hydrogens (primary N) is 2. The lowest BCUT2D eigenvalue weighted by Gasteiger charge is -2.37. The molecule has 66 heavy (non-hydrogen) atoms. The smallest absolute Gasteiger partial charge is 0.269 e. The molecule has 0 fully saturated rings. The van der Waals surface area contributed by atoms with Crippen LogP contribution in [-0.2, 0) is 70.8 Å². The molecule has 0 saturated heterocycles. The summed E-state index contributed by atoms with van der Waals surface area (Å²) in [5.74, 6) is -1.12. The minimum absolute atomic E-state index is 0.0967. The van der Waals surface area contributed by atoms with Crippen molar-refractivity contribution in [2.24, 2.45) is 11.5 Å². The second-order valence-corrected chi connectivity index (χ2v) is 17.8. The van der Waals surface area contributed by atoms with E-state index in [0.29, 0.717) is 24.2 Å². The predicted octanol–water partition coefficient (Wildman–Crippen LogP) is 3.09. The number of phenolic OH excluding ortho intramolecular Hbond substituents is 2. The van der Waals surface area contributed by atoms with Crippen molar-refractivity contribution in [2.45, 2.75) is 110 Å². The van der Waals surface area contributed by atoms with Gasteiger partial charge in [-0.15, -0.1) is 0 Å². The molecule has 0 aliphatic carbocycles. The van der Waals surface area contributed by atoms with E-state index in [1.807, 2.05) is 76.2 Å². The van der Waals surface area contributed by atoms with Crippen LogP contribution in [0.25, 0.3) is 0 Å². The first-order valence-electron chi connectivity index (χ1n) is 22.5. The highest BCUT2D eigenvalue weighted by Gasteiger charge is 2.38. The van der Waals surface area contributed by atoms with Gasteiger partial charge in [0, 0.05) is 57.6 Å². The zero-order chi connectivity index (χ0) is 47.4. The Morgan fingerprint density at radius 2 is 1.06 bits per heavy atom. The Morgan fingerprint density at radius 1 is 0.667 bits per heavy atom. The van der Waals surface area contributed by atoms with Gasteiger partial charge in [-0.3, -0.25) is 29.0 Å². The van der Waals surface area contributed by atoms with Crippen molar-refractivity contribution in [3.63, 3.8) is 0 Å². The number of benzene rings is 4.